The Balaban J connectivity index is 2.40. The van der Waals surface area contributed by atoms with Crippen molar-refractivity contribution in [3.63, 3.8) is 0 Å². The molecule has 0 unspecified atom stereocenters. The molecule has 0 radical (unpaired) electrons. The third-order valence-corrected chi connectivity index (χ3v) is 4.47. The number of benzene rings is 1. The van der Waals surface area contributed by atoms with Gasteiger partial charge in [-0.05, 0) is 44.8 Å². The highest BCUT2D eigenvalue weighted by atomic mass is 16.7. The first-order chi connectivity index (χ1) is 10.8. The van der Waals surface area contributed by atoms with Crippen molar-refractivity contribution in [2.75, 3.05) is 13.7 Å². The molecule has 0 spiro atoms. The van der Waals surface area contributed by atoms with Gasteiger partial charge >= 0.3 is 7.12 Å². The Morgan fingerprint density at radius 1 is 1.30 bits per heavy atom. The number of methoxy groups -OCH3 is 1. The molecule has 0 aliphatic carbocycles. The van der Waals surface area contributed by atoms with E-state index in [4.69, 9.17) is 14.0 Å². The molecule has 23 heavy (non-hydrogen) atoms. The Labute approximate surface area is 137 Å². The fourth-order valence-corrected chi connectivity index (χ4v) is 2.34. The number of hydrogen-bond acceptors (Lipinski definition) is 5. The number of nitriles is 1. The SMILES string of the molecule is COc1cccc(C=C(CO)B2OC(C)(C)C(C)(C)O2)c1C#N. The predicted molar refractivity (Wildman–Crippen MR) is 88.9 cm³/mol. The van der Waals surface area contributed by atoms with E-state index in [1.807, 2.05) is 27.7 Å². The van der Waals surface area contributed by atoms with Crippen LogP contribution in [0.25, 0.3) is 6.08 Å². The van der Waals surface area contributed by atoms with E-state index in [1.165, 1.54) is 7.11 Å². The number of rotatable bonds is 4. The molecular weight excluding hydrogens is 293 g/mol. The standard InChI is InChI=1S/C17H22BNO4/c1-16(2)17(3,4)23-18(22-16)13(11-20)9-12-7-6-8-15(21-5)14(12)10-19/h6-9,20H,11H2,1-5H3. The molecule has 0 atom stereocenters. The van der Waals surface area contributed by atoms with Gasteiger partial charge in [-0.15, -0.1) is 0 Å². The molecule has 1 heterocycles. The lowest BCUT2D eigenvalue weighted by Gasteiger charge is -2.32. The molecule has 1 aromatic rings. The summed E-state index contributed by atoms with van der Waals surface area (Å²) in [6.07, 6.45) is 1.73. The highest BCUT2D eigenvalue weighted by Crippen LogP contribution is 2.39. The number of aliphatic hydroxyl groups is 1. The summed E-state index contributed by atoms with van der Waals surface area (Å²) >= 11 is 0. The normalized spacial score (nSPS) is 19.5. The van der Waals surface area contributed by atoms with E-state index in [-0.39, 0.29) is 6.61 Å². The van der Waals surface area contributed by atoms with Crippen LogP contribution >= 0.6 is 0 Å². The van der Waals surface area contributed by atoms with E-state index < -0.39 is 18.3 Å². The van der Waals surface area contributed by atoms with Crippen molar-refractivity contribution in [3.8, 4) is 11.8 Å². The lowest BCUT2D eigenvalue weighted by molar-refractivity contribution is 0.00578. The molecule has 1 aliphatic heterocycles. The third kappa shape index (κ3) is 3.27. The van der Waals surface area contributed by atoms with E-state index >= 15 is 0 Å². The molecule has 0 amide bonds. The molecule has 2 rings (SSSR count). The Bertz CT molecular complexity index is 645. The maximum Gasteiger partial charge on any atom is 0.492 e. The van der Waals surface area contributed by atoms with Crippen molar-refractivity contribution in [2.45, 2.75) is 38.9 Å². The van der Waals surface area contributed by atoms with Crippen LogP contribution in [0, 0.1) is 11.3 Å². The minimum atomic E-state index is -0.650. The van der Waals surface area contributed by atoms with E-state index in [2.05, 4.69) is 6.07 Å². The molecular formula is C17H22BNO4. The lowest BCUT2D eigenvalue weighted by Crippen LogP contribution is -2.41. The van der Waals surface area contributed by atoms with Crippen LogP contribution < -0.4 is 4.74 Å². The second-order valence-corrected chi connectivity index (χ2v) is 6.50. The molecule has 1 aromatic carbocycles. The van der Waals surface area contributed by atoms with Crippen molar-refractivity contribution in [3.05, 3.63) is 34.8 Å². The third-order valence-electron chi connectivity index (χ3n) is 4.47. The summed E-state index contributed by atoms with van der Waals surface area (Å²) in [5, 5.41) is 19.1. The minimum absolute atomic E-state index is 0.223. The molecule has 0 aromatic heterocycles. The van der Waals surface area contributed by atoms with Crippen molar-refractivity contribution in [1.82, 2.24) is 0 Å². The van der Waals surface area contributed by atoms with Crippen LogP contribution in [-0.2, 0) is 9.31 Å². The molecule has 0 bridgehead atoms. The quantitative estimate of drug-likeness (QED) is 0.865. The van der Waals surface area contributed by atoms with Crippen LogP contribution in [0.3, 0.4) is 0 Å². The zero-order valence-electron chi connectivity index (χ0n) is 14.2. The van der Waals surface area contributed by atoms with Gasteiger partial charge in [0.1, 0.15) is 17.4 Å². The van der Waals surface area contributed by atoms with Crippen molar-refractivity contribution < 1.29 is 19.2 Å². The van der Waals surface area contributed by atoms with Gasteiger partial charge in [-0.1, -0.05) is 18.2 Å². The van der Waals surface area contributed by atoms with Crippen LogP contribution in [0.4, 0.5) is 0 Å². The largest absolute Gasteiger partial charge is 0.495 e. The first-order valence-electron chi connectivity index (χ1n) is 7.50. The fraction of sp³-hybridized carbons (Fsp3) is 0.471. The first-order valence-corrected chi connectivity index (χ1v) is 7.50. The Kier molecular flexibility index (Phi) is 4.85. The zero-order valence-corrected chi connectivity index (χ0v) is 14.2. The molecule has 1 saturated heterocycles. The highest BCUT2D eigenvalue weighted by molar-refractivity contribution is 6.55. The monoisotopic (exact) mass is 315 g/mol. The fourth-order valence-electron chi connectivity index (χ4n) is 2.34. The lowest BCUT2D eigenvalue weighted by atomic mass is 9.77. The summed E-state index contributed by atoms with van der Waals surface area (Å²) in [5.74, 6) is 0.493. The molecule has 1 N–H and O–H groups in total. The Hall–Kier alpha value is -1.81. The van der Waals surface area contributed by atoms with Gasteiger partial charge in [-0.3, -0.25) is 0 Å². The molecule has 1 fully saturated rings. The van der Waals surface area contributed by atoms with Crippen molar-refractivity contribution in [2.24, 2.45) is 0 Å². The average molecular weight is 315 g/mol. The smallest absolute Gasteiger partial charge is 0.492 e. The van der Waals surface area contributed by atoms with E-state index in [0.29, 0.717) is 22.3 Å². The zero-order chi connectivity index (χ0) is 17.3. The van der Waals surface area contributed by atoms with Gasteiger partial charge in [0.05, 0.1) is 24.9 Å². The molecule has 1 aliphatic rings. The number of aliphatic hydroxyl groups excluding tert-OH is 1. The number of nitrogens with zero attached hydrogens (tertiary/aromatic N) is 1. The maximum atomic E-state index is 9.74. The summed E-state index contributed by atoms with van der Waals surface area (Å²) in [5.41, 5.74) is 0.660. The number of ether oxygens (including phenoxy) is 1. The van der Waals surface area contributed by atoms with Gasteiger partial charge in [0.2, 0.25) is 0 Å². The van der Waals surface area contributed by atoms with Gasteiger partial charge in [0.15, 0.2) is 0 Å². The van der Waals surface area contributed by atoms with Crippen molar-refractivity contribution in [1.29, 1.82) is 5.26 Å². The van der Waals surface area contributed by atoms with Gasteiger partial charge in [0.25, 0.3) is 0 Å². The van der Waals surface area contributed by atoms with E-state index in [9.17, 15) is 10.4 Å². The summed E-state index contributed by atoms with van der Waals surface area (Å²) in [4.78, 5) is 0. The molecule has 0 saturated carbocycles. The van der Waals surface area contributed by atoms with Crippen LogP contribution in [0.1, 0.15) is 38.8 Å². The highest BCUT2D eigenvalue weighted by Gasteiger charge is 2.52. The van der Waals surface area contributed by atoms with Gasteiger partial charge < -0.3 is 19.2 Å². The maximum absolute atomic E-state index is 9.74. The van der Waals surface area contributed by atoms with Crippen LogP contribution in [0.15, 0.2) is 23.7 Å². The topological polar surface area (TPSA) is 71.7 Å². The van der Waals surface area contributed by atoms with E-state index in [1.54, 1.807) is 24.3 Å². The van der Waals surface area contributed by atoms with Gasteiger partial charge in [0, 0.05) is 0 Å². The van der Waals surface area contributed by atoms with Crippen LogP contribution in [-0.4, -0.2) is 37.1 Å². The summed E-state index contributed by atoms with van der Waals surface area (Å²) in [7, 11) is 0.868. The predicted octanol–water partition coefficient (Wildman–Crippen LogP) is 2.57. The summed E-state index contributed by atoms with van der Waals surface area (Å²) < 4.78 is 17.1. The second-order valence-electron chi connectivity index (χ2n) is 6.50. The van der Waals surface area contributed by atoms with Crippen LogP contribution in [0.2, 0.25) is 0 Å². The Morgan fingerprint density at radius 3 is 2.39 bits per heavy atom. The van der Waals surface area contributed by atoms with E-state index in [0.717, 1.165) is 0 Å². The summed E-state index contributed by atoms with van der Waals surface area (Å²) in [6, 6.07) is 7.45. The molecule has 6 heteroatoms. The molecule has 5 nitrogen and oxygen atoms in total. The van der Waals surface area contributed by atoms with Gasteiger partial charge in [-0.25, -0.2) is 0 Å². The second kappa shape index (κ2) is 6.36. The van der Waals surface area contributed by atoms with Gasteiger partial charge in [-0.2, -0.15) is 5.26 Å². The Morgan fingerprint density at radius 2 is 1.91 bits per heavy atom. The van der Waals surface area contributed by atoms with Crippen LogP contribution in [0.5, 0.6) is 5.75 Å². The van der Waals surface area contributed by atoms with Crippen molar-refractivity contribution >= 4 is 13.2 Å². The average Bonchev–Trinajstić information content (AvgIpc) is 2.72. The number of hydrogen-bond donors (Lipinski definition) is 1. The summed E-state index contributed by atoms with van der Waals surface area (Å²) in [6.45, 7) is 7.59. The molecule has 122 valence electrons. The first kappa shape index (κ1) is 17.5. The minimum Gasteiger partial charge on any atom is -0.495 e.